The third-order valence-electron chi connectivity index (χ3n) is 8.32. The summed E-state index contributed by atoms with van der Waals surface area (Å²) in [5.41, 5.74) is 5.06. The number of aliphatic carboxylic acids is 1. The molecular weight excluding hydrogens is 600 g/mol. The summed E-state index contributed by atoms with van der Waals surface area (Å²) in [5, 5.41) is 11.6. The van der Waals surface area contributed by atoms with Crippen molar-refractivity contribution in [3.8, 4) is 0 Å². The van der Waals surface area contributed by atoms with Crippen molar-refractivity contribution in [2.75, 3.05) is 0 Å². The first-order valence-corrected chi connectivity index (χ1v) is 18.9. The van der Waals surface area contributed by atoms with Crippen molar-refractivity contribution in [3.63, 3.8) is 0 Å². The van der Waals surface area contributed by atoms with Gasteiger partial charge in [-0.1, -0.05) is 113 Å². The van der Waals surface area contributed by atoms with Gasteiger partial charge in [0.1, 0.15) is 11.8 Å². The summed E-state index contributed by atoms with van der Waals surface area (Å²) in [4.78, 5) is 46.5. The van der Waals surface area contributed by atoms with E-state index in [9.17, 15) is 19.2 Å². The van der Waals surface area contributed by atoms with Crippen LogP contribution < -0.4 is 11.1 Å². The summed E-state index contributed by atoms with van der Waals surface area (Å²) in [6, 6.07) is -1.07. The molecule has 0 saturated heterocycles. The van der Waals surface area contributed by atoms with Gasteiger partial charge < -0.3 is 16.2 Å². The van der Waals surface area contributed by atoms with E-state index in [0.29, 0.717) is 5.78 Å². The second-order valence-electron chi connectivity index (χ2n) is 12.8. The van der Waals surface area contributed by atoms with E-state index in [-0.39, 0.29) is 31.1 Å². The topological polar surface area (TPSA) is 127 Å². The molecule has 7 nitrogen and oxygen atoms in total. The molecule has 4 N–H and O–H groups in total. The fraction of sp³-hybridized carbons (Fsp3) is 0.659. The van der Waals surface area contributed by atoms with Crippen LogP contribution in [0.25, 0.3) is 0 Å². The first kappa shape index (κ1) is 44.8. The molecule has 1 unspecified atom stereocenters. The fourth-order valence-electron chi connectivity index (χ4n) is 5.26. The quantitative estimate of drug-likeness (QED) is 0.0474. The predicted molar refractivity (Wildman–Crippen MR) is 200 cm³/mol. The molecule has 48 heavy (non-hydrogen) atoms. The Balaban J connectivity index is 3.64. The Morgan fingerprint density at radius 1 is 0.583 bits per heavy atom. The summed E-state index contributed by atoms with van der Waals surface area (Å²) in [7, 11) is 0. The summed E-state index contributed by atoms with van der Waals surface area (Å²) in [6.07, 6.45) is 43.4. The number of primary amides is 1. The highest BCUT2D eigenvalue weighted by atomic mass is 16.4. The smallest absolute Gasteiger partial charge is 0.326 e. The van der Waals surface area contributed by atoms with E-state index in [1.807, 2.05) is 0 Å². The maximum absolute atomic E-state index is 12.5. The molecular formula is C41H68N2O5. The van der Waals surface area contributed by atoms with E-state index >= 15 is 0 Å². The number of carbonyl (C=O) groups excluding carboxylic acids is 3. The van der Waals surface area contributed by atoms with Crippen LogP contribution in [0.15, 0.2) is 60.8 Å². The fourth-order valence-corrected chi connectivity index (χ4v) is 5.26. The highest BCUT2D eigenvalue weighted by Crippen LogP contribution is 2.15. The zero-order valence-corrected chi connectivity index (χ0v) is 30.3. The van der Waals surface area contributed by atoms with Crippen LogP contribution in [-0.4, -0.2) is 34.7 Å². The molecule has 272 valence electrons. The number of allylic oxidation sites excluding steroid dienone is 10. The van der Waals surface area contributed by atoms with E-state index in [1.54, 1.807) is 0 Å². The minimum Gasteiger partial charge on any atom is -0.480 e. The molecule has 0 aliphatic heterocycles. The number of carboxylic acids is 1. The number of rotatable bonds is 33. The molecule has 7 heteroatoms. The molecule has 0 bridgehead atoms. The van der Waals surface area contributed by atoms with Gasteiger partial charge in [-0.25, -0.2) is 4.79 Å². The lowest BCUT2D eigenvalue weighted by Gasteiger charge is -2.13. The third-order valence-corrected chi connectivity index (χ3v) is 8.32. The van der Waals surface area contributed by atoms with Crippen molar-refractivity contribution in [3.05, 3.63) is 60.8 Å². The molecule has 0 aromatic carbocycles. The van der Waals surface area contributed by atoms with Gasteiger partial charge in [-0.2, -0.15) is 0 Å². The summed E-state index contributed by atoms with van der Waals surface area (Å²) in [6.45, 7) is 4.24. The average molecular weight is 669 g/mol. The van der Waals surface area contributed by atoms with Gasteiger partial charge in [0.05, 0.1) is 0 Å². The van der Waals surface area contributed by atoms with Gasteiger partial charge in [-0.05, 0) is 89.9 Å². The molecule has 0 radical (unpaired) electrons. The van der Waals surface area contributed by atoms with E-state index in [2.05, 4.69) is 79.9 Å². The van der Waals surface area contributed by atoms with Crippen molar-refractivity contribution in [1.82, 2.24) is 5.32 Å². The Bertz CT molecular complexity index is 995. The monoisotopic (exact) mass is 669 g/mol. The average Bonchev–Trinajstić information content (AvgIpc) is 3.06. The number of hydrogen-bond acceptors (Lipinski definition) is 4. The highest BCUT2D eigenvalue weighted by molar-refractivity contribution is 5.84. The Kier molecular flexibility index (Phi) is 31.4. The molecule has 0 rings (SSSR count). The molecule has 0 saturated carbocycles. The molecule has 0 heterocycles. The third kappa shape index (κ3) is 31.4. The van der Waals surface area contributed by atoms with Gasteiger partial charge in [-0.3, -0.25) is 14.4 Å². The Labute approximate surface area is 292 Å². The van der Waals surface area contributed by atoms with E-state index in [0.717, 1.165) is 109 Å². The summed E-state index contributed by atoms with van der Waals surface area (Å²) in [5.74, 6) is -1.43. The molecule has 0 fully saturated rings. The largest absolute Gasteiger partial charge is 0.480 e. The Morgan fingerprint density at radius 3 is 1.56 bits per heavy atom. The van der Waals surface area contributed by atoms with Crippen LogP contribution in [-0.2, 0) is 19.2 Å². The Hall–Kier alpha value is -3.22. The van der Waals surface area contributed by atoms with Crippen molar-refractivity contribution >= 4 is 23.6 Å². The van der Waals surface area contributed by atoms with Crippen molar-refractivity contribution < 1.29 is 24.3 Å². The molecule has 0 aliphatic carbocycles. The van der Waals surface area contributed by atoms with Crippen molar-refractivity contribution in [2.45, 2.75) is 168 Å². The second-order valence-corrected chi connectivity index (χ2v) is 12.8. The van der Waals surface area contributed by atoms with E-state index in [1.165, 1.54) is 19.3 Å². The Morgan fingerprint density at radius 2 is 1.04 bits per heavy atom. The van der Waals surface area contributed by atoms with Crippen molar-refractivity contribution in [1.29, 1.82) is 0 Å². The normalized spacial score (nSPS) is 13.4. The van der Waals surface area contributed by atoms with Crippen LogP contribution in [0.4, 0.5) is 0 Å². The minimum atomic E-state index is -1.15. The molecule has 0 aromatic rings. The van der Waals surface area contributed by atoms with Gasteiger partial charge in [-0.15, -0.1) is 0 Å². The number of Topliss-reactive ketones (excluding diaryl/α,β-unsaturated/α-hetero) is 1. The first-order chi connectivity index (χ1) is 23.3. The number of nitrogens with one attached hydrogen (secondary N) is 1. The zero-order chi connectivity index (χ0) is 35.5. The number of carbonyl (C=O) groups is 4. The maximum Gasteiger partial charge on any atom is 0.326 e. The summed E-state index contributed by atoms with van der Waals surface area (Å²) >= 11 is 0. The minimum absolute atomic E-state index is 0.0118. The van der Waals surface area contributed by atoms with Crippen LogP contribution in [0.5, 0.6) is 0 Å². The predicted octanol–water partition coefficient (Wildman–Crippen LogP) is 10.0. The van der Waals surface area contributed by atoms with Gasteiger partial charge in [0.2, 0.25) is 11.8 Å². The lowest BCUT2D eigenvalue weighted by Crippen LogP contribution is -2.41. The van der Waals surface area contributed by atoms with Gasteiger partial charge in [0.15, 0.2) is 0 Å². The SMILES string of the molecule is CC/C=C\C/C=C\C/C=C\CCCCCCCC(=O)C(C)CCC/C=C\C/C=C\CCCCCCCC(=O)N[C@@H](CCC(N)=O)C(=O)O. The standard InChI is InChI=1S/C41H68N2O5/c1-3-4-5-6-7-8-9-10-11-14-17-20-23-26-29-32-38(44)36(2)31-28-25-22-19-16-13-12-15-18-21-24-27-30-33-40(46)43-37(41(47)48)34-35-39(42)45/h4-5,7-8,10-13,19,22,36-37H,3,6,9,14-18,20-21,23-35H2,1-2H3,(H2,42,45)(H,43,46)(H,47,48)/b5-4-,8-7-,11-10-,13-12-,22-19-/t36?,37-/m0/s1. The molecule has 0 spiro atoms. The van der Waals surface area contributed by atoms with Crippen LogP contribution in [0.3, 0.4) is 0 Å². The zero-order valence-electron chi connectivity index (χ0n) is 30.3. The molecule has 2 atom stereocenters. The van der Waals surface area contributed by atoms with Gasteiger partial charge >= 0.3 is 5.97 Å². The van der Waals surface area contributed by atoms with Crippen LogP contribution in [0.1, 0.15) is 162 Å². The van der Waals surface area contributed by atoms with Crippen LogP contribution >= 0.6 is 0 Å². The number of ketones is 1. The van der Waals surface area contributed by atoms with E-state index in [4.69, 9.17) is 10.8 Å². The number of hydrogen-bond donors (Lipinski definition) is 3. The first-order valence-electron chi connectivity index (χ1n) is 18.9. The van der Waals surface area contributed by atoms with Gasteiger partial charge in [0.25, 0.3) is 0 Å². The van der Waals surface area contributed by atoms with Gasteiger partial charge in [0, 0.05) is 25.2 Å². The lowest BCUT2D eigenvalue weighted by atomic mass is 9.95. The molecule has 0 aromatic heterocycles. The van der Waals surface area contributed by atoms with Crippen LogP contribution in [0, 0.1) is 5.92 Å². The number of amides is 2. The van der Waals surface area contributed by atoms with Crippen molar-refractivity contribution in [2.24, 2.45) is 11.7 Å². The lowest BCUT2D eigenvalue weighted by molar-refractivity contribution is -0.142. The number of unbranched alkanes of at least 4 members (excludes halogenated alkanes) is 11. The number of nitrogens with two attached hydrogens (primary N) is 1. The molecule has 2 amide bonds. The summed E-state index contributed by atoms with van der Waals surface area (Å²) < 4.78 is 0. The maximum atomic E-state index is 12.5. The highest BCUT2D eigenvalue weighted by Gasteiger charge is 2.20. The van der Waals surface area contributed by atoms with Crippen LogP contribution in [0.2, 0.25) is 0 Å². The second kappa shape index (κ2) is 33.7. The van der Waals surface area contributed by atoms with E-state index < -0.39 is 17.9 Å². The molecule has 0 aliphatic rings. The number of carboxylic acid groups (broad SMARTS) is 1.